The smallest absolute Gasteiger partial charge is 0.311 e. The first kappa shape index (κ1) is 12.5. The number of hydrogen-bond donors (Lipinski definition) is 2. The second-order valence-corrected chi connectivity index (χ2v) is 4.49. The van der Waals surface area contributed by atoms with Crippen molar-refractivity contribution in [3.63, 3.8) is 0 Å². The van der Waals surface area contributed by atoms with Gasteiger partial charge in [-0.1, -0.05) is 0 Å². The number of aromatic amines is 1. The van der Waals surface area contributed by atoms with Gasteiger partial charge in [0.25, 0.3) is 0 Å². The van der Waals surface area contributed by atoms with E-state index in [4.69, 9.17) is 0 Å². The molecule has 2 aromatic heterocycles. The number of rotatable bonds is 5. The molecule has 0 radical (unpaired) electrons. The van der Waals surface area contributed by atoms with Crippen LogP contribution in [0.15, 0.2) is 11.7 Å². The van der Waals surface area contributed by atoms with Gasteiger partial charge in [-0.15, -0.1) is 11.3 Å². The number of carbonyl (C=O) groups excluding carboxylic acids is 1. The van der Waals surface area contributed by atoms with Crippen LogP contribution in [0.4, 0.5) is 5.13 Å². The fourth-order valence-corrected chi connectivity index (χ4v) is 2.15. The lowest BCUT2D eigenvalue weighted by atomic mass is 10.3. The molecule has 2 rings (SSSR count). The van der Waals surface area contributed by atoms with Crippen molar-refractivity contribution in [3.05, 3.63) is 23.2 Å². The Morgan fingerprint density at radius 3 is 3.17 bits per heavy atom. The average molecular weight is 267 g/mol. The van der Waals surface area contributed by atoms with Crippen LogP contribution in [0, 0.1) is 0 Å². The Balaban J connectivity index is 1.96. The highest BCUT2D eigenvalue weighted by Crippen LogP contribution is 2.20. The fourth-order valence-electron chi connectivity index (χ4n) is 1.35. The molecule has 96 valence electrons. The van der Waals surface area contributed by atoms with E-state index in [0.29, 0.717) is 5.69 Å². The summed E-state index contributed by atoms with van der Waals surface area (Å²) in [5, 5.41) is 12.3. The number of carbonyl (C=O) groups is 1. The summed E-state index contributed by atoms with van der Waals surface area (Å²) in [5.74, 6) is 0.440. The highest BCUT2D eigenvalue weighted by Gasteiger charge is 2.12. The molecule has 0 aliphatic heterocycles. The molecule has 0 aliphatic carbocycles. The number of hydrogen-bond acceptors (Lipinski definition) is 7. The van der Waals surface area contributed by atoms with E-state index in [2.05, 4.69) is 30.2 Å². The highest BCUT2D eigenvalue weighted by molar-refractivity contribution is 7.13. The molecule has 0 aliphatic rings. The number of H-pyrrole nitrogens is 1. The van der Waals surface area contributed by atoms with Gasteiger partial charge in [-0.2, -0.15) is 5.10 Å². The second kappa shape index (κ2) is 5.58. The molecular formula is C10H13N5O2S. The van der Waals surface area contributed by atoms with Crippen molar-refractivity contribution in [2.24, 2.45) is 0 Å². The number of anilines is 1. The zero-order valence-electron chi connectivity index (χ0n) is 10.0. The van der Waals surface area contributed by atoms with Gasteiger partial charge in [0.05, 0.1) is 25.3 Å². The second-order valence-electron chi connectivity index (χ2n) is 3.63. The predicted molar refractivity (Wildman–Crippen MR) is 66.3 cm³/mol. The number of esters is 1. The Bertz CT molecular complexity index is 510. The van der Waals surface area contributed by atoms with Crippen LogP contribution in [-0.4, -0.2) is 33.2 Å². The molecule has 0 saturated carbocycles. The number of nitrogens with one attached hydrogen (secondary N) is 2. The molecule has 18 heavy (non-hydrogen) atoms. The molecule has 0 aromatic carbocycles. The number of ether oxygens (including phenoxy) is 1. The summed E-state index contributed by atoms with van der Waals surface area (Å²) in [6, 6.07) is -0.0235. The highest BCUT2D eigenvalue weighted by atomic mass is 32.1. The molecule has 1 unspecified atom stereocenters. The third kappa shape index (κ3) is 3.04. The number of nitrogens with zero attached hydrogens (tertiary/aromatic N) is 3. The maximum Gasteiger partial charge on any atom is 0.311 e. The van der Waals surface area contributed by atoms with Crippen LogP contribution in [0.1, 0.15) is 24.5 Å². The van der Waals surface area contributed by atoms with Crippen LogP contribution >= 0.6 is 11.3 Å². The summed E-state index contributed by atoms with van der Waals surface area (Å²) in [7, 11) is 1.36. The lowest BCUT2D eigenvalue weighted by molar-refractivity contribution is -0.139. The number of thiazole rings is 1. The van der Waals surface area contributed by atoms with Gasteiger partial charge in [0.15, 0.2) is 5.13 Å². The van der Waals surface area contributed by atoms with Crippen LogP contribution in [0.2, 0.25) is 0 Å². The van der Waals surface area contributed by atoms with Crippen molar-refractivity contribution < 1.29 is 9.53 Å². The maximum atomic E-state index is 11.1. The minimum atomic E-state index is -0.296. The Labute approximate surface area is 108 Å². The van der Waals surface area contributed by atoms with Crippen LogP contribution < -0.4 is 5.32 Å². The van der Waals surface area contributed by atoms with Crippen LogP contribution in [0.25, 0.3) is 0 Å². The van der Waals surface area contributed by atoms with Gasteiger partial charge < -0.3 is 10.1 Å². The van der Waals surface area contributed by atoms with Crippen molar-refractivity contribution in [1.82, 2.24) is 20.2 Å². The van der Waals surface area contributed by atoms with E-state index < -0.39 is 0 Å². The molecule has 1 atom stereocenters. The Hall–Kier alpha value is -1.96. The zero-order chi connectivity index (χ0) is 13.0. The summed E-state index contributed by atoms with van der Waals surface area (Å²) in [4.78, 5) is 19.4. The topological polar surface area (TPSA) is 92.8 Å². The van der Waals surface area contributed by atoms with Gasteiger partial charge in [-0.25, -0.2) is 9.97 Å². The van der Waals surface area contributed by atoms with E-state index in [1.807, 2.05) is 12.3 Å². The minimum absolute atomic E-state index is 0.0235. The van der Waals surface area contributed by atoms with Crippen molar-refractivity contribution in [2.45, 2.75) is 19.4 Å². The quantitative estimate of drug-likeness (QED) is 0.789. The van der Waals surface area contributed by atoms with Gasteiger partial charge in [-0.3, -0.25) is 9.89 Å². The van der Waals surface area contributed by atoms with Crippen molar-refractivity contribution in [1.29, 1.82) is 0 Å². The lowest BCUT2D eigenvalue weighted by Crippen LogP contribution is -2.09. The molecule has 2 heterocycles. The largest absolute Gasteiger partial charge is 0.469 e. The van der Waals surface area contributed by atoms with E-state index in [1.165, 1.54) is 24.8 Å². The third-order valence-corrected chi connectivity index (χ3v) is 3.11. The zero-order valence-corrected chi connectivity index (χ0v) is 10.8. The molecule has 7 nitrogen and oxygen atoms in total. The van der Waals surface area contributed by atoms with Crippen LogP contribution in [-0.2, 0) is 16.0 Å². The molecule has 0 saturated heterocycles. The van der Waals surface area contributed by atoms with E-state index in [9.17, 15) is 4.79 Å². The normalized spacial score (nSPS) is 12.1. The summed E-state index contributed by atoms with van der Waals surface area (Å²) in [6.45, 7) is 1.95. The van der Waals surface area contributed by atoms with E-state index in [1.54, 1.807) is 0 Å². The molecule has 2 aromatic rings. The molecule has 0 spiro atoms. The SMILES string of the molecule is COC(=O)Cc1csc(NC(C)c2ncn[nH]2)n1. The van der Waals surface area contributed by atoms with Crippen LogP contribution in [0.5, 0.6) is 0 Å². The Morgan fingerprint density at radius 1 is 1.67 bits per heavy atom. The number of aromatic nitrogens is 4. The first-order chi connectivity index (χ1) is 8.69. The molecule has 2 N–H and O–H groups in total. The molecular weight excluding hydrogens is 254 g/mol. The first-order valence-corrected chi connectivity index (χ1v) is 6.20. The van der Waals surface area contributed by atoms with Gasteiger partial charge in [0.1, 0.15) is 12.2 Å². The fraction of sp³-hybridized carbons (Fsp3) is 0.400. The third-order valence-electron chi connectivity index (χ3n) is 2.29. The van der Waals surface area contributed by atoms with Crippen molar-refractivity contribution >= 4 is 22.4 Å². The molecule has 0 fully saturated rings. The molecule has 0 bridgehead atoms. The summed E-state index contributed by atoms with van der Waals surface area (Å²) in [5.41, 5.74) is 0.694. The minimum Gasteiger partial charge on any atom is -0.469 e. The van der Waals surface area contributed by atoms with Crippen molar-refractivity contribution in [3.8, 4) is 0 Å². The van der Waals surface area contributed by atoms with Gasteiger partial charge >= 0.3 is 5.97 Å². The first-order valence-electron chi connectivity index (χ1n) is 5.32. The van der Waals surface area contributed by atoms with E-state index in [0.717, 1.165) is 11.0 Å². The maximum absolute atomic E-state index is 11.1. The number of methoxy groups -OCH3 is 1. The predicted octanol–water partition coefficient (Wildman–Crippen LogP) is 1.15. The Morgan fingerprint density at radius 2 is 2.50 bits per heavy atom. The van der Waals surface area contributed by atoms with Gasteiger partial charge in [-0.05, 0) is 6.92 Å². The van der Waals surface area contributed by atoms with E-state index >= 15 is 0 Å². The Kier molecular flexibility index (Phi) is 3.88. The molecule has 0 amide bonds. The standard InChI is InChI=1S/C10H13N5O2S/c1-6(9-11-5-12-15-9)13-10-14-7(4-18-10)3-8(16)17-2/h4-6H,3H2,1-2H3,(H,13,14)(H,11,12,15). The van der Waals surface area contributed by atoms with Gasteiger partial charge in [0, 0.05) is 5.38 Å². The summed E-state index contributed by atoms with van der Waals surface area (Å²) >= 11 is 1.44. The van der Waals surface area contributed by atoms with Gasteiger partial charge in [0.2, 0.25) is 0 Å². The van der Waals surface area contributed by atoms with E-state index in [-0.39, 0.29) is 18.4 Å². The van der Waals surface area contributed by atoms with Crippen molar-refractivity contribution in [2.75, 3.05) is 12.4 Å². The lowest BCUT2D eigenvalue weighted by Gasteiger charge is -2.08. The average Bonchev–Trinajstić information content (AvgIpc) is 3.00. The molecule has 8 heteroatoms. The summed E-state index contributed by atoms with van der Waals surface area (Å²) < 4.78 is 4.59. The summed E-state index contributed by atoms with van der Waals surface area (Å²) in [6.07, 6.45) is 1.64. The monoisotopic (exact) mass is 267 g/mol. The van der Waals surface area contributed by atoms with Crippen LogP contribution in [0.3, 0.4) is 0 Å².